The highest BCUT2D eigenvalue weighted by Crippen LogP contribution is 2.32. The first kappa shape index (κ1) is 18.0. The fraction of sp³-hybridized carbons (Fsp3) is 0.278. The Hall–Kier alpha value is -2.34. The molecule has 0 spiro atoms. The van der Waals surface area contributed by atoms with E-state index in [2.05, 4.69) is 0 Å². The smallest absolute Gasteiger partial charge is 0.275 e. The molecular formula is C18H18F3NO2. The molecule has 2 aromatic rings. The van der Waals surface area contributed by atoms with Crippen molar-refractivity contribution in [1.82, 2.24) is 5.06 Å². The lowest BCUT2D eigenvalue weighted by atomic mass is 9.97. The Morgan fingerprint density at radius 3 is 2.42 bits per heavy atom. The average Bonchev–Trinajstić information content (AvgIpc) is 2.55. The molecule has 0 aliphatic carbocycles. The van der Waals surface area contributed by atoms with Crippen molar-refractivity contribution in [3.63, 3.8) is 0 Å². The summed E-state index contributed by atoms with van der Waals surface area (Å²) in [6.45, 7) is 1.85. The number of alkyl halides is 3. The molecule has 128 valence electrons. The molecular weight excluding hydrogens is 319 g/mol. The lowest BCUT2D eigenvalue weighted by Gasteiger charge is -2.15. The molecule has 0 radical (unpaired) electrons. The quantitative estimate of drug-likeness (QED) is 0.781. The molecule has 0 aliphatic heterocycles. The van der Waals surface area contributed by atoms with E-state index >= 15 is 0 Å². The molecule has 3 nitrogen and oxygen atoms in total. The summed E-state index contributed by atoms with van der Waals surface area (Å²) >= 11 is 0. The van der Waals surface area contributed by atoms with E-state index in [0.29, 0.717) is 11.1 Å². The van der Waals surface area contributed by atoms with Gasteiger partial charge in [-0.25, -0.2) is 5.06 Å². The molecule has 0 aliphatic rings. The van der Waals surface area contributed by atoms with Crippen LogP contribution in [-0.4, -0.2) is 25.1 Å². The first-order valence-electron chi connectivity index (χ1n) is 7.30. The summed E-state index contributed by atoms with van der Waals surface area (Å²) < 4.78 is 38.6. The Labute approximate surface area is 138 Å². The van der Waals surface area contributed by atoms with Gasteiger partial charge in [0.25, 0.3) is 0 Å². The van der Waals surface area contributed by atoms with Gasteiger partial charge in [0, 0.05) is 7.05 Å². The number of nitrogens with zero attached hydrogens (tertiary/aromatic N) is 1. The molecule has 0 bridgehead atoms. The number of rotatable bonds is 4. The van der Waals surface area contributed by atoms with Gasteiger partial charge in [0.1, 0.15) is 0 Å². The van der Waals surface area contributed by atoms with Crippen molar-refractivity contribution in [2.75, 3.05) is 14.2 Å². The third kappa shape index (κ3) is 4.14. The third-order valence-electron chi connectivity index (χ3n) is 3.84. The van der Waals surface area contributed by atoms with Gasteiger partial charge in [-0.3, -0.25) is 9.63 Å². The zero-order valence-corrected chi connectivity index (χ0v) is 13.6. The maximum atomic E-state index is 12.9. The zero-order valence-electron chi connectivity index (χ0n) is 13.6. The standard InChI is InChI=1S/C18H18F3NO2/c1-12-7-8-14(9-15(12)11-17(23)22(2)24-3)13-5-4-6-16(10-13)18(19,20)21/h4-10H,11H2,1-3H3. The minimum absolute atomic E-state index is 0.114. The number of hydrogen-bond donors (Lipinski definition) is 0. The predicted octanol–water partition coefficient (Wildman–Crippen LogP) is 4.24. The average molecular weight is 337 g/mol. The summed E-state index contributed by atoms with van der Waals surface area (Å²) in [6.07, 6.45) is -4.27. The van der Waals surface area contributed by atoms with Gasteiger partial charge >= 0.3 is 6.18 Å². The molecule has 6 heteroatoms. The summed E-state index contributed by atoms with van der Waals surface area (Å²) in [5.74, 6) is -0.234. The fourth-order valence-corrected chi connectivity index (χ4v) is 2.29. The van der Waals surface area contributed by atoms with Crippen LogP contribution in [-0.2, 0) is 22.2 Å². The second-order valence-electron chi connectivity index (χ2n) is 5.47. The number of hydrogen-bond acceptors (Lipinski definition) is 2. The maximum absolute atomic E-state index is 12.9. The van der Waals surface area contributed by atoms with Gasteiger partial charge in [0.05, 0.1) is 19.1 Å². The largest absolute Gasteiger partial charge is 0.416 e. The van der Waals surface area contributed by atoms with Crippen LogP contribution in [0.5, 0.6) is 0 Å². The van der Waals surface area contributed by atoms with Crippen LogP contribution in [0.25, 0.3) is 11.1 Å². The normalized spacial score (nSPS) is 11.4. The number of carbonyl (C=O) groups is 1. The van der Waals surface area contributed by atoms with Crippen molar-refractivity contribution >= 4 is 5.91 Å². The summed E-state index contributed by atoms with van der Waals surface area (Å²) in [5.41, 5.74) is 2.04. The molecule has 0 fully saturated rings. The molecule has 2 aromatic carbocycles. The first-order chi connectivity index (χ1) is 11.2. The highest BCUT2D eigenvalue weighted by atomic mass is 19.4. The topological polar surface area (TPSA) is 29.5 Å². The predicted molar refractivity (Wildman–Crippen MR) is 85.1 cm³/mol. The zero-order chi connectivity index (χ0) is 17.9. The molecule has 0 saturated heterocycles. The third-order valence-corrected chi connectivity index (χ3v) is 3.84. The van der Waals surface area contributed by atoms with Crippen molar-refractivity contribution in [1.29, 1.82) is 0 Å². The van der Waals surface area contributed by atoms with Crippen LogP contribution in [0.15, 0.2) is 42.5 Å². The minimum Gasteiger partial charge on any atom is -0.275 e. The number of amides is 1. The maximum Gasteiger partial charge on any atom is 0.416 e. The Kier molecular flexibility index (Phi) is 5.29. The molecule has 0 N–H and O–H groups in total. The van der Waals surface area contributed by atoms with E-state index in [9.17, 15) is 18.0 Å². The second-order valence-corrected chi connectivity index (χ2v) is 5.47. The van der Waals surface area contributed by atoms with E-state index in [1.54, 1.807) is 24.3 Å². The van der Waals surface area contributed by atoms with Gasteiger partial charge in [-0.1, -0.05) is 30.3 Å². The SMILES string of the molecule is CON(C)C(=O)Cc1cc(-c2cccc(C(F)(F)F)c2)ccc1C. The van der Waals surface area contributed by atoms with Crippen molar-refractivity contribution in [3.05, 3.63) is 59.2 Å². The van der Waals surface area contributed by atoms with Crippen LogP contribution in [0, 0.1) is 6.92 Å². The lowest BCUT2D eigenvalue weighted by Crippen LogP contribution is -2.27. The minimum atomic E-state index is -4.39. The van der Waals surface area contributed by atoms with Gasteiger partial charge in [-0.15, -0.1) is 0 Å². The second kappa shape index (κ2) is 7.05. The van der Waals surface area contributed by atoms with Crippen molar-refractivity contribution in [2.45, 2.75) is 19.5 Å². The Bertz CT molecular complexity index is 741. The Morgan fingerprint density at radius 2 is 1.79 bits per heavy atom. The van der Waals surface area contributed by atoms with Gasteiger partial charge in [0.2, 0.25) is 5.91 Å². The Balaban J connectivity index is 2.36. The van der Waals surface area contributed by atoms with Gasteiger partial charge in [0.15, 0.2) is 0 Å². The number of likely N-dealkylation sites (N-methyl/N-ethyl adjacent to an activating group) is 1. The van der Waals surface area contributed by atoms with E-state index < -0.39 is 11.7 Å². The Morgan fingerprint density at radius 1 is 1.12 bits per heavy atom. The van der Waals surface area contributed by atoms with Crippen LogP contribution in [0.3, 0.4) is 0 Å². The van der Waals surface area contributed by atoms with Crippen LogP contribution < -0.4 is 0 Å². The summed E-state index contributed by atoms with van der Waals surface area (Å²) in [5, 5.41) is 1.12. The van der Waals surface area contributed by atoms with Gasteiger partial charge < -0.3 is 0 Å². The van der Waals surface area contributed by atoms with Crippen molar-refractivity contribution in [3.8, 4) is 11.1 Å². The van der Waals surface area contributed by atoms with Crippen molar-refractivity contribution < 1.29 is 22.8 Å². The van der Waals surface area contributed by atoms with E-state index in [1.807, 2.05) is 6.92 Å². The lowest BCUT2D eigenvalue weighted by molar-refractivity contribution is -0.167. The molecule has 0 saturated carbocycles. The number of benzene rings is 2. The first-order valence-corrected chi connectivity index (χ1v) is 7.30. The van der Waals surface area contributed by atoms with Gasteiger partial charge in [-0.2, -0.15) is 13.2 Å². The number of aryl methyl sites for hydroxylation is 1. The molecule has 1 amide bonds. The highest BCUT2D eigenvalue weighted by Gasteiger charge is 2.30. The van der Waals surface area contributed by atoms with Crippen molar-refractivity contribution in [2.24, 2.45) is 0 Å². The molecule has 0 atom stereocenters. The van der Waals surface area contributed by atoms with Crippen LogP contribution in [0.1, 0.15) is 16.7 Å². The monoisotopic (exact) mass is 337 g/mol. The van der Waals surface area contributed by atoms with E-state index in [1.165, 1.54) is 20.2 Å². The summed E-state index contributed by atoms with van der Waals surface area (Å²) in [4.78, 5) is 16.8. The fourth-order valence-electron chi connectivity index (χ4n) is 2.29. The summed E-state index contributed by atoms with van der Waals surface area (Å²) in [6, 6.07) is 10.4. The van der Waals surface area contributed by atoms with Gasteiger partial charge in [-0.05, 0) is 41.3 Å². The van der Waals surface area contributed by atoms with Crippen LogP contribution in [0.2, 0.25) is 0 Å². The van der Waals surface area contributed by atoms with Crippen LogP contribution in [0.4, 0.5) is 13.2 Å². The molecule has 24 heavy (non-hydrogen) atoms. The summed E-state index contributed by atoms with van der Waals surface area (Å²) in [7, 11) is 2.90. The van der Waals surface area contributed by atoms with E-state index in [4.69, 9.17) is 4.84 Å². The van der Waals surface area contributed by atoms with E-state index in [-0.39, 0.29) is 12.3 Å². The molecule has 0 unspecified atom stereocenters. The molecule has 0 aromatic heterocycles. The number of hydroxylamine groups is 2. The van der Waals surface area contributed by atoms with Crippen LogP contribution >= 0.6 is 0 Å². The highest BCUT2D eigenvalue weighted by molar-refractivity contribution is 5.79. The number of halogens is 3. The molecule has 0 heterocycles. The molecule has 2 rings (SSSR count). The van der Waals surface area contributed by atoms with E-state index in [0.717, 1.165) is 28.3 Å². The number of carbonyl (C=O) groups excluding carboxylic acids is 1.